The molecule has 1 aromatic carbocycles. The Morgan fingerprint density at radius 3 is 2.50 bits per heavy atom. The van der Waals surface area contributed by atoms with Gasteiger partial charge in [0.1, 0.15) is 0 Å². The second-order valence-electron chi connectivity index (χ2n) is 7.39. The summed E-state index contributed by atoms with van der Waals surface area (Å²) in [6, 6.07) is 13.1. The van der Waals surface area contributed by atoms with E-state index in [0.717, 1.165) is 41.2 Å². The fraction of sp³-hybridized carbons (Fsp3) is 0.409. The lowest BCUT2D eigenvalue weighted by molar-refractivity contribution is -0.0962. The van der Waals surface area contributed by atoms with Gasteiger partial charge in [0.2, 0.25) is 22.2 Å². The average Bonchev–Trinajstić information content (AvgIpc) is 2.76. The molecule has 1 unspecified atom stereocenters. The number of guanidine groups is 1. The minimum atomic E-state index is -3.47. The summed E-state index contributed by atoms with van der Waals surface area (Å²) in [5.74, 6) is 0.128. The van der Waals surface area contributed by atoms with Crippen LogP contribution in [0.15, 0.2) is 59.9 Å². The van der Waals surface area contributed by atoms with E-state index in [2.05, 4.69) is 9.98 Å². The highest BCUT2D eigenvalue weighted by Gasteiger charge is 2.20. The molecule has 1 heterocycles. The maximum atomic E-state index is 12.0. The fourth-order valence-electron chi connectivity index (χ4n) is 3.26. The first-order valence-corrected chi connectivity index (χ1v) is 12.2. The minimum Gasteiger partial charge on any atom is -0.369 e. The average molecular weight is 459 g/mol. The second kappa shape index (κ2) is 12.8. The number of unbranched alkanes of at least 4 members (excludes halogenated alkanes) is 2. The Bertz CT molecular complexity index is 993. The highest BCUT2D eigenvalue weighted by Crippen LogP contribution is 2.19. The van der Waals surface area contributed by atoms with Crippen LogP contribution in [0.1, 0.15) is 38.2 Å². The number of sulfonamides is 1. The SMILES string of the molecule is CC(CCCCCN(OCc1ccccc1)S(C)(=O)=O)N(C(N)=NC#N)c1ccncc1. The Kier molecular flexibility index (Phi) is 10.1. The summed E-state index contributed by atoms with van der Waals surface area (Å²) in [6.07, 6.45) is 9.28. The van der Waals surface area contributed by atoms with E-state index in [-0.39, 0.29) is 25.2 Å². The van der Waals surface area contributed by atoms with Crippen LogP contribution in [0, 0.1) is 11.5 Å². The van der Waals surface area contributed by atoms with Crippen LogP contribution in [0.2, 0.25) is 0 Å². The topological polar surface area (TPSA) is 125 Å². The summed E-state index contributed by atoms with van der Waals surface area (Å²) in [4.78, 5) is 15.0. The van der Waals surface area contributed by atoms with Gasteiger partial charge in [-0.1, -0.05) is 47.6 Å². The monoisotopic (exact) mass is 458 g/mol. The van der Waals surface area contributed by atoms with Crippen LogP contribution in [-0.4, -0.2) is 42.7 Å². The molecule has 2 N–H and O–H groups in total. The summed E-state index contributed by atoms with van der Waals surface area (Å²) in [7, 11) is -3.47. The van der Waals surface area contributed by atoms with Gasteiger partial charge >= 0.3 is 0 Å². The molecule has 172 valence electrons. The Balaban J connectivity index is 1.85. The van der Waals surface area contributed by atoms with Crippen LogP contribution in [0.25, 0.3) is 0 Å². The van der Waals surface area contributed by atoms with Crippen LogP contribution in [-0.2, 0) is 21.5 Å². The van der Waals surface area contributed by atoms with Gasteiger partial charge in [0.25, 0.3) is 0 Å². The van der Waals surface area contributed by atoms with Gasteiger partial charge in [0, 0.05) is 30.7 Å². The Morgan fingerprint density at radius 2 is 1.88 bits per heavy atom. The third kappa shape index (κ3) is 8.26. The predicted molar refractivity (Wildman–Crippen MR) is 125 cm³/mol. The van der Waals surface area contributed by atoms with Crippen molar-refractivity contribution in [3.05, 3.63) is 60.4 Å². The number of nitriles is 1. The number of hydrogen-bond donors (Lipinski definition) is 1. The first-order chi connectivity index (χ1) is 15.3. The molecule has 0 aliphatic rings. The smallest absolute Gasteiger partial charge is 0.233 e. The number of pyridine rings is 1. The minimum absolute atomic E-state index is 0.00478. The van der Waals surface area contributed by atoms with Crippen LogP contribution in [0.5, 0.6) is 0 Å². The van der Waals surface area contributed by atoms with E-state index in [1.807, 2.05) is 49.4 Å². The summed E-state index contributed by atoms with van der Waals surface area (Å²) in [5.41, 5.74) is 7.72. The zero-order valence-corrected chi connectivity index (χ0v) is 19.3. The summed E-state index contributed by atoms with van der Waals surface area (Å²) in [5, 5.41) is 8.87. The van der Waals surface area contributed by atoms with Crippen LogP contribution < -0.4 is 10.6 Å². The van der Waals surface area contributed by atoms with Crippen molar-refractivity contribution in [2.45, 2.75) is 45.3 Å². The number of benzene rings is 1. The van der Waals surface area contributed by atoms with Crippen molar-refractivity contribution in [2.24, 2.45) is 10.7 Å². The largest absolute Gasteiger partial charge is 0.369 e. The first-order valence-electron chi connectivity index (χ1n) is 10.4. The predicted octanol–water partition coefficient (Wildman–Crippen LogP) is 3.03. The van der Waals surface area contributed by atoms with Gasteiger partial charge in [-0.05, 0) is 37.5 Å². The molecular formula is C22H30N6O3S. The Labute approximate surface area is 190 Å². The molecule has 2 aromatic rings. The lowest BCUT2D eigenvalue weighted by atomic mass is 10.1. The van der Waals surface area contributed by atoms with E-state index < -0.39 is 10.0 Å². The third-order valence-electron chi connectivity index (χ3n) is 4.84. The molecule has 0 saturated heterocycles. The molecule has 9 nitrogen and oxygen atoms in total. The number of hydroxylamine groups is 1. The van der Waals surface area contributed by atoms with E-state index >= 15 is 0 Å². The normalized spacial score (nSPS) is 13.0. The fourth-order valence-corrected chi connectivity index (χ4v) is 3.96. The summed E-state index contributed by atoms with van der Waals surface area (Å²) < 4.78 is 25.1. The van der Waals surface area contributed by atoms with E-state index in [0.29, 0.717) is 6.42 Å². The van der Waals surface area contributed by atoms with Crippen molar-refractivity contribution in [1.82, 2.24) is 9.45 Å². The molecule has 0 aliphatic heterocycles. The molecule has 0 radical (unpaired) electrons. The van der Waals surface area contributed by atoms with Gasteiger partial charge in [0.15, 0.2) is 0 Å². The van der Waals surface area contributed by atoms with E-state index in [1.54, 1.807) is 23.5 Å². The van der Waals surface area contributed by atoms with Crippen molar-refractivity contribution in [3.8, 4) is 6.19 Å². The lowest BCUT2D eigenvalue weighted by Gasteiger charge is -2.29. The number of aromatic nitrogens is 1. The molecule has 32 heavy (non-hydrogen) atoms. The molecule has 1 aromatic heterocycles. The number of anilines is 1. The van der Waals surface area contributed by atoms with Crippen molar-refractivity contribution in [3.63, 3.8) is 0 Å². The number of hydrogen-bond acceptors (Lipinski definition) is 6. The van der Waals surface area contributed by atoms with E-state index in [4.69, 9.17) is 15.8 Å². The van der Waals surface area contributed by atoms with Crippen molar-refractivity contribution in [2.75, 3.05) is 17.7 Å². The number of rotatable bonds is 12. The van der Waals surface area contributed by atoms with Gasteiger partial charge in [-0.25, -0.2) is 8.42 Å². The highest BCUT2D eigenvalue weighted by molar-refractivity contribution is 7.88. The molecule has 0 aliphatic carbocycles. The molecule has 0 bridgehead atoms. The third-order valence-corrected chi connectivity index (χ3v) is 5.87. The van der Waals surface area contributed by atoms with Gasteiger partial charge in [-0.2, -0.15) is 5.26 Å². The molecule has 0 spiro atoms. The van der Waals surface area contributed by atoms with E-state index in [9.17, 15) is 8.42 Å². The Morgan fingerprint density at radius 1 is 1.19 bits per heavy atom. The molecular weight excluding hydrogens is 428 g/mol. The van der Waals surface area contributed by atoms with Gasteiger partial charge in [-0.3, -0.25) is 9.82 Å². The number of nitrogens with two attached hydrogens (primary N) is 1. The maximum absolute atomic E-state index is 12.0. The Hall–Kier alpha value is -3.00. The van der Waals surface area contributed by atoms with Gasteiger partial charge < -0.3 is 10.6 Å². The van der Waals surface area contributed by atoms with Crippen molar-refractivity contribution < 1.29 is 13.3 Å². The van der Waals surface area contributed by atoms with Crippen molar-refractivity contribution in [1.29, 1.82) is 5.26 Å². The zero-order chi connectivity index (χ0) is 23.4. The first kappa shape index (κ1) is 25.3. The molecule has 10 heteroatoms. The van der Waals surface area contributed by atoms with Crippen molar-refractivity contribution >= 4 is 21.7 Å². The van der Waals surface area contributed by atoms with Crippen LogP contribution in [0.3, 0.4) is 0 Å². The second-order valence-corrected chi connectivity index (χ2v) is 9.27. The van der Waals surface area contributed by atoms with E-state index in [1.165, 1.54) is 0 Å². The molecule has 0 saturated carbocycles. The summed E-state index contributed by atoms with van der Waals surface area (Å²) in [6.45, 7) is 2.49. The molecule has 0 fully saturated rings. The molecule has 1 atom stereocenters. The molecule has 2 rings (SSSR count). The maximum Gasteiger partial charge on any atom is 0.233 e. The van der Waals surface area contributed by atoms with Crippen LogP contribution in [0.4, 0.5) is 5.69 Å². The highest BCUT2D eigenvalue weighted by atomic mass is 32.2. The zero-order valence-electron chi connectivity index (χ0n) is 18.5. The standard InChI is InChI=1S/C22H30N6O3S/c1-19(28(22(24)26-18-23)21-12-14-25-15-13-21)9-5-4-8-16-27(32(2,29)30)31-17-20-10-6-3-7-11-20/h3,6-7,10-15,19H,4-5,8-9,16-17H2,1-2H3,(H2,24,26). The quantitative estimate of drug-likeness (QED) is 0.170. The lowest BCUT2D eigenvalue weighted by Crippen LogP contribution is -2.43. The summed E-state index contributed by atoms with van der Waals surface area (Å²) >= 11 is 0. The van der Waals surface area contributed by atoms with Crippen LogP contribution >= 0.6 is 0 Å². The number of nitrogens with zero attached hydrogens (tertiary/aromatic N) is 5. The van der Waals surface area contributed by atoms with Gasteiger partial charge in [0.05, 0.1) is 12.9 Å². The molecule has 0 amide bonds. The van der Waals surface area contributed by atoms with Gasteiger partial charge in [-0.15, -0.1) is 4.99 Å². The number of aliphatic imine (C=N–C) groups is 1.